The Bertz CT molecular complexity index is 976. The number of fused-ring (bicyclic) bond motifs is 1. The molecular weight excluding hydrogens is 392 g/mol. The first-order valence-electron chi connectivity index (χ1n) is 9.21. The molecule has 0 saturated carbocycles. The van der Waals surface area contributed by atoms with Gasteiger partial charge in [0, 0.05) is 4.88 Å². The van der Waals surface area contributed by atoms with Gasteiger partial charge in [-0.2, -0.15) is 5.26 Å². The van der Waals surface area contributed by atoms with Gasteiger partial charge in [0.05, 0.1) is 19.8 Å². The third-order valence-electron chi connectivity index (χ3n) is 4.83. The Morgan fingerprint density at radius 1 is 1.31 bits per heavy atom. The first kappa shape index (κ1) is 20.7. The molecule has 0 unspecified atom stereocenters. The maximum Gasteiger partial charge on any atom is 0.342 e. The number of nitrogens with zero attached hydrogens (tertiary/aromatic N) is 1. The van der Waals surface area contributed by atoms with Gasteiger partial charge in [0.15, 0.2) is 18.1 Å². The van der Waals surface area contributed by atoms with Gasteiger partial charge in [-0.15, -0.1) is 11.3 Å². The zero-order chi connectivity index (χ0) is 21.0. The SMILES string of the molecule is COc1cccc(C(=O)OCC(=O)Nc2sc3c(c2C#N)CC[C@H](C)C3)c1OC. The highest BCUT2D eigenvalue weighted by molar-refractivity contribution is 7.16. The molecule has 29 heavy (non-hydrogen) atoms. The van der Waals surface area contributed by atoms with Crippen molar-refractivity contribution >= 4 is 28.2 Å². The molecule has 1 aromatic carbocycles. The van der Waals surface area contributed by atoms with Crippen LogP contribution in [0.1, 0.15) is 39.7 Å². The van der Waals surface area contributed by atoms with Crippen molar-refractivity contribution in [2.45, 2.75) is 26.2 Å². The molecule has 1 aliphatic carbocycles. The van der Waals surface area contributed by atoms with E-state index in [1.807, 2.05) is 0 Å². The van der Waals surface area contributed by atoms with Gasteiger partial charge in [0.25, 0.3) is 5.91 Å². The van der Waals surface area contributed by atoms with Gasteiger partial charge in [-0.1, -0.05) is 13.0 Å². The van der Waals surface area contributed by atoms with Gasteiger partial charge in [-0.25, -0.2) is 4.79 Å². The van der Waals surface area contributed by atoms with E-state index in [1.165, 1.54) is 31.6 Å². The number of hydrogen-bond donors (Lipinski definition) is 1. The summed E-state index contributed by atoms with van der Waals surface area (Å²) >= 11 is 1.43. The fourth-order valence-corrected chi connectivity index (χ4v) is 4.75. The summed E-state index contributed by atoms with van der Waals surface area (Å²) in [6.07, 6.45) is 2.79. The van der Waals surface area contributed by atoms with E-state index >= 15 is 0 Å². The van der Waals surface area contributed by atoms with Crippen LogP contribution in [0.4, 0.5) is 5.00 Å². The van der Waals surface area contributed by atoms with Crippen molar-refractivity contribution in [2.24, 2.45) is 5.92 Å². The quantitative estimate of drug-likeness (QED) is 0.726. The Morgan fingerprint density at radius 3 is 2.79 bits per heavy atom. The molecule has 1 amide bonds. The second kappa shape index (κ2) is 8.97. The number of hydrogen-bond acceptors (Lipinski definition) is 7. The van der Waals surface area contributed by atoms with E-state index in [-0.39, 0.29) is 11.3 Å². The molecule has 0 spiro atoms. The summed E-state index contributed by atoms with van der Waals surface area (Å²) < 4.78 is 15.5. The van der Waals surface area contributed by atoms with E-state index < -0.39 is 18.5 Å². The first-order valence-corrected chi connectivity index (χ1v) is 10.0. The molecular formula is C21H22N2O5S. The maximum absolute atomic E-state index is 12.4. The minimum absolute atomic E-state index is 0.165. The topological polar surface area (TPSA) is 97.6 Å². The van der Waals surface area contributed by atoms with Crippen LogP contribution in [0.2, 0.25) is 0 Å². The number of para-hydroxylation sites is 1. The average Bonchev–Trinajstić information content (AvgIpc) is 3.06. The molecule has 8 heteroatoms. The number of esters is 1. The monoisotopic (exact) mass is 414 g/mol. The molecule has 152 valence electrons. The molecule has 2 aromatic rings. The van der Waals surface area contributed by atoms with Gasteiger partial charge in [0.1, 0.15) is 16.6 Å². The average molecular weight is 414 g/mol. The first-order chi connectivity index (χ1) is 14.0. The number of methoxy groups -OCH3 is 2. The lowest BCUT2D eigenvalue weighted by molar-refractivity contribution is -0.119. The van der Waals surface area contributed by atoms with Crippen molar-refractivity contribution in [3.8, 4) is 17.6 Å². The van der Waals surface area contributed by atoms with Gasteiger partial charge >= 0.3 is 5.97 Å². The van der Waals surface area contributed by atoms with Crippen LogP contribution in [-0.4, -0.2) is 32.7 Å². The highest BCUT2D eigenvalue weighted by Gasteiger charge is 2.25. The Kier molecular flexibility index (Phi) is 6.39. The third-order valence-corrected chi connectivity index (χ3v) is 6.00. The number of carbonyl (C=O) groups is 2. The smallest absolute Gasteiger partial charge is 0.342 e. The van der Waals surface area contributed by atoms with Crippen LogP contribution in [0.15, 0.2) is 18.2 Å². The second-order valence-corrected chi connectivity index (χ2v) is 7.94. The number of benzene rings is 1. The Morgan fingerprint density at radius 2 is 2.10 bits per heavy atom. The highest BCUT2D eigenvalue weighted by atomic mass is 32.1. The van der Waals surface area contributed by atoms with Gasteiger partial charge in [-0.05, 0) is 42.9 Å². The normalized spacial score (nSPS) is 15.0. The van der Waals surface area contributed by atoms with Crippen molar-refractivity contribution in [2.75, 3.05) is 26.1 Å². The van der Waals surface area contributed by atoms with Gasteiger partial charge < -0.3 is 19.5 Å². The number of amides is 1. The third kappa shape index (κ3) is 4.35. The van der Waals surface area contributed by atoms with Crippen molar-refractivity contribution in [3.05, 3.63) is 39.8 Å². The highest BCUT2D eigenvalue weighted by Crippen LogP contribution is 2.39. The molecule has 0 fully saturated rings. The number of carbonyl (C=O) groups excluding carboxylic acids is 2. The largest absolute Gasteiger partial charge is 0.493 e. The minimum Gasteiger partial charge on any atom is -0.493 e. The predicted molar refractivity (Wildman–Crippen MR) is 109 cm³/mol. The van der Waals surface area contributed by atoms with Crippen LogP contribution in [0.25, 0.3) is 0 Å². The van der Waals surface area contributed by atoms with E-state index in [2.05, 4.69) is 18.3 Å². The van der Waals surface area contributed by atoms with Crippen LogP contribution in [0, 0.1) is 17.2 Å². The van der Waals surface area contributed by atoms with Crippen LogP contribution >= 0.6 is 11.3 Å². The molecule has 1 aliphatic rings. The molecule has 3 rings (SSSR count). The number of rotatable bonds is 6. The fourth-order valence-electron chi connectivity index (χ4n) is 3.38. The van der Waals surface area contributed by atoms with Crippen molar-refractivity contribution < 1.29 is 23.8 Å². The zero-order valence-corrected chi connectivity index (χ0v) is 17.4. The van der Waals surface area contributed by atoms with E-state index in [1.54, 1.807) is 12.1 Å². The zero-order valence-electron chi connectivity index (χ0n) is 16.5. The molecule has 1 atom stereocenters. The molecule has 0 saturated heterocycles. The number of nitrogens with one attached hydrogen (secondary N) is 1. The number of nitriles is 1. The predicted octanol–water partition coefficient (Wildman–Crippen LogP) is 3.56. The standard InChI is InChI=1S/C21H22N2O5S/c1-12-7-8-13-15(10-22)20(29-17(13)9-12)23-18(24)11-28-21(25)14-5-4-6-16(26-2)19(14)27-3/h4-6,12H,7-9,11H2,1-3H3,(H,23,24)/t12-/m0/s1. The second-order valence-electron chi connectivity index (χ2n) is 6.83. The lowest BCUT2D eigenvalue weighted by atomic mass is 9.89. The fraction of sp³-hybridized carbons (Fsp3) is 0.381. The maximum atomic E-state index is 12.4. The van der Waals surface area contributed by atoms with Crippen molar-refractivity contribution in [3.63, 3.8) is 0 Å². The van der Waals surface area contributed by atoms with E-state index in [0.717, 1.165) is 29.7 Å². The molecule has 0 radical (unpaired) electrons. The molecule has 0 aliphatic heterocycles. The summed E-state index contributed by atoms with van der Waals surface area (Å²) in [4.78, 5) is 25.9. The summed E-state index contributed by atoms with van der Waals surface area (Å²) in [6.45, 7) is 1.71. The molecule has 0 bridgehead atoms. The van der Waals surface area contributed by atoms with Crippen LogP contribution < -0.4 is 14.8 Å². The summed E-state index contributed by atoms with van der Waals surface area (Å²) in [7, 11) is 2.89. The van der Waals surface area contributed by atoms with Gasteiger partial charge in [0.2, 0.25) is 0 Å². The molecule has 1 aromatic heterocycles. The molecule has 7 nitrogen and oxygen atoms in total. The molecule has 1 N–H and O–H groups in total. The Hall–Kier alpha value is -3.05. The van der Waals surface area contributed by atoms with E-state index in [0.29, 0.717) is 22.2 Å². The van der Waals surface area contributed by atoms with E-state index in [4.69, 9.17) is 14.2 Å². The van der Waals surface area contributed by atoms with E-state index in [9.17, 15) is 14.9 Å². The molecule has 1 heterocycles. The van der Waals surface area contributed by atoms with Crippen LogP contribution in [0.5, 0.6) is 11.5 Å². The summed E-state index contributed by atoms with van der Waals surface area (Å²) in [5, 5.41) is 12.7. The number of thiophene rings is 1. The minimum atomic E-state index is -0.698. The number of ether oxygens (including phenoxy) is 3. The number of anilines is 1. The van der Waals surface area contributed by atoms with Crippen molar-refractivity contribution in [1.29, 1.82) is 5.26 Å². The lowest BCUT2D eigenvalue weighted by Crippen LogP contribution is -2.21. The van der Waals surface area contributed by atoms with Gasteiger partial charge in [-0.3, -0.25) is 4.79 Å². The summed E-state index contributed by atoms with van der Waals surface area (Å²) in [5.74, 6) is 0.00444. The lowest BCUT2D eigenvalue weighted by Gasteiger charge is -2.17. The van der Waals surface area contributed by atoms with Crippen LogP contribution in [0.3, 0.4) is 0 Å². The Labute approximate surface area is 173 Å². The summed E-state index contributed by atoms with van der Waals surface area (Å²) in [5.41, 5.74) is 1.72. The summed E-state index contributed by atoms with van der Waals surface area (Å²) in [6, 6.07) is 7.02. The Balaban J connectivity index is 1.67. The van der Waals surface area contributed by atoms with Crippen LogP contribution in [-0.2, 0) is 22.4 Å². The van der Waals surface area contributed by atoms with Crippen molar-refractivity contribution in [1.82, 2.24) is 0 Å².